The van der Waals surface area contributed by atoms with E-state index >= 15 is 0 Å². The van der Waals surface area contributed by atoms with Crippen LogP contribution in [0.5, 0.6) is 0 Å². The van der Waals surface area contributed by atoms with Crippen molar-refractivity contribution in [3.63, 3.8) is 0 Å². The van der Waals surface area contributed by atoms with Crippen molar-refractivity contribution in [3.05, 3.63) is 22.5 Å². The molecule has 0 fully saturated rings. The Bertz CT molecular complexity index is 527. The molecule has 0 aliphatic rings. The van der Waals surface area contributed by atoms with Crippen molar-refractivity contribution < 1.29 is 9.90 Å². The van der Waals surface area contributed by atoms with Gasteiger partial charge in [-0.25, -0.2) is 4.98 Å². The van der Waals surface area contributed by atoms with Gasteiger partial charge in [0.25, 0.3) is 0 Å². The number of rotatable bonds is 4. The van der Waals surface area contributed by atoms with Gasteiger partial charge >= 0.3 is 5.97 Å². The fourth-order valence-corrected chi connectivity index (χ4v) is 2.78. The van der Waals surface area contributed by atoms with Crippen LogP contribution in [0.25, 0.3) is 4.96 Å². The van der Waals surface area contributed by atoms with Crippen LogP contribution >= 0.6 is 11.3 Å². The Morgan fingerprint density at radius 3 is 3.00 bits per heavy atom. The van der Waals surface area contributed by atoms with Crippen LogP contribution in [-0.4, -0.2) is 20.5 Å². The first kappa shape index (κ1) is 11.1. The molecule has 0 aromatic carbocycles. The Kier molecular flexibility index (Phi) is 2.96. The minimum Gasteiger partial charge on any atom is -0.481 e. The highest BCUT2D eigenvalue weighted by Crippen LogP contribution is 2.21. The summed E-state index contributed by atoms with van der Waals surface area (Å²) in [6.07, 6.45) is 1.70. The second-order valence-corrected chi connectivity index (χ2v) is 4.71. The second kappa shape index (κ2) is 4.25. The van der Waals surface area contributed by atoms with Crippen LogP contribution in [0.2, 0.25) is 0 Å². The number of carboxylic acids is 1. The standard InChI is InChI=1S/C11H14N2O2S/c1-7-8(2)13-9(4-3-5-10(14)15)6-16-11(13)12-7/h6H,3-5H2,1-2H3,(H,14,15). The second-order valence-electron chi connectivity index (χ2n) is 3.87. The summed E-state index contributed by atoms with van der Waals surface area (Å²) >= 11 is 1.61. The molecule has 4 nitrogen and oxygen atoms in total. The van der Waals surface area contributed by atoms with Crippen molar-refractivity contribution in [1.29, 1.82) is 0 Å². The summed E-state index contributed by atoms with van der Waals surface area (Å²) in [6.45, 7) is 4.04. The third-order valence-electron chi connectivity index (χ3n) is 2.72. The molecule has 0 saturated carbocycles. The lowest BCUT2D eigenvalue weighted by atomic mass is 10.2. The topological polar surface area (TPSA) is 54.6 Å². The van der Waals surface area contributed by atoms with Crippen LogP contribution in [0, 0.1) is 13.8 Å². The quantitative estimate of drug-likeness (QED) is 0.890. The number of carbonyl (C=O) groups is 1. The van der Waals surface area contributed by atoms with Gasteiger partial charge in [0.2, 0.25) is 0 Å². The predicted octanol–water partition coefficient (Wildman–Crippen LogP) is 2.42. The van der Waals surface area contributed by atoms with Crippen LogP contribution in [0.1, 0.15) is 29.9 Å². The van der Waals surface area contributed by atoms with E-state index in [0.717, 1.165) is 22.8 Å². The lowest BCUT2D eigenvalue weighted by Crippen LogP contribution is -1.98. The van der Waals surface area contributed by atoms with Crippen molar-refractivity contribution in [1.82, 2.24) is 9.38 Å². The lowest BCUT2D eigenvalue weighted by molar-refractivity contribution is -0.137. The van der Waals surface area contributed by atoms with E-state index in [1.807, 2.05) is 13.8 Å². The molecule has 0 aliphatic carbocycles. The summed E-state index contributed by atoms with van der Waals surface area (Å²) < 4.78 is 2.13. The molecule has 86 valence electrons. The Hall–Kier alpha value is -1.36. The van der Waals surface area contributed by atoms with Crippen molar-refractivity contribution in [2.45, 2.75) is 33.1 Å². The molecular weight excluding hydrogens is 224 g/mol. The summed E-state index contributed by atoms with van der Waals surface area (Å²) in [5.74, 6) is -0.731. The third-order valence-corrected chi connectivity index (χ3v) is 3.60. The summed E-state index contributed by atoms with van der Waals surface area (Å²) in [7, 11) is 0. The number of nitrogens with zero attached hydrogens (tertiary/aromatic N) is 2. The number of carboxylic acid groups (broad SMARTS) is 1. The largest absolute Gasteiger partial charge is 0.481 e. The maximum atomic E-state index is 10.4. The average molecular weight is 238 g/mol. The lowest BCUT2D eigenvalue weighted by Gasteiger charge is -2.00. The first-order valence-electron chi connectivity index (χ1n) is 5.23. The Morgan fingerprint density at radius 1 is 1.56 bits per heavy atom. The van der Waals surface area contributed by atoms with Crippen LogP contribution in [0.4, 0.5) is 0 Å². The molecule has 0 amide bonds. The van der Waals surface area contributed by atoms with Gasteiger partial charge < -0.3 is 5.11 Å². The van der Waals surface area contributed by atoms with Crippen LogP contribution in [0.15, 0.2) is 5.38 Å². The van der Waals surface area contributed by atoms with Crippen LogP contribution < -0.4 is 0 Å². The van der Waals surface area contributed by atoms with Gasteiger partial charge in [0, 0.05) is 23.2 Å². The number of hydrogen-bond acceptors (Lipinski definition) is 3. The van der Waals surface area contributed by atoms with Crippen molar-refractivity contribution in [2.75, 3.05) is 0 Å². The van der Waals surface area contributed by atoms with Crippen molar-refractivity contribution >= 4 is 22.3 Å². The minimum atomic E-state index is -0.731. The number of hydrogen-bond donors (Lipinski definition) is 1. The van der Waals surface area contributed by atoms with E-state index in [1.54, 1.807) is 11.3 Å². The highest BCUT2D eigenvalue weighted by molar-refractivity contribution is 7.15. The Balaban J connectivity index is 2.21. The molecule has 0 bridgehead atoms. The summed E-state index contributed by atoms with van der Waals surface area (Å²) in [5, 5.41) is 10.7. The van der Waals surface area contributed by atoms with Gasteiger partial charge in [0.05, 0.1) is 5.69 Å². The maximum Gasteiger partial charge on any atom is 0.303 e. The van der Waals surface area contributed by atoms with E-state index in [2.05, 4.69) is 14.8 Å². The van der Waals surface area contributed by atoms with E-state index in [0.29, 0.717) is 6.42 Å². The van der Waals surface area contributed by atoms with Gasteiger partial charge in [-0.1, -0.05) is 0 Å². The number of aromatic nitrogens is 2. The monoisotopic (exact) mass is 238 g/mol. The van der Waals surface area contributed by atoms with Gasteiger partial charge in [0.15, 0.2) is 4.96 Å². The molecule has 1 N–H and O–H groups in total. The van der Waals surface area contributed by atoms with E-state index in [9.17, 15) is 4.79 Å². The molecule has 16 heavy (non-hydrogen) atoms. The van der Waals surface area contributed by atoms with Crippen LogP contribution in [-0.2, 0) is 11.2 Å². The molecule has 2 rings (SSSR count). The third kappa shape index (κ3) is 1.95. The first-order valence-corrected chi connectivity index (χ1v) is 6.11. The molecule has 2 aromatic heterocycles. The minimum absolute atomic E-state index is 0.226. The van der Waals surface area contributed by atoms with E-state index < -0.39 is 5.97 Å². The number of aliphatic carboxylic acids is 1. The Labute approximate surface area is 97.6 Å². The van der Waals surface area contributed by atoms with Gasteiger partial charge in [-0.15, -0.1) is 11.3 Å². The van der Waals surface area contributed by atoms with E-state index in [4.69, 9.17) is 5.11 Å². The molecule has 2 heterocycles. The zero-order chi connectivity index (χ0) is 11.7. The zero-order valence-corrected chi connectivity index (χ0v) is 10.2. The number of imidazole rings is 1. The molecule has 0 saturated heterocycles. The highest BCUT2D eigenvalue weighted by atomic mass is 32.1. The molecule has 0 spiro atoms. The number of aryl methyl sites for hydroxylation is 3. The molecule has 0 atom stereocenters. The highest BCUT2D eigenvalue weighted by Gasteiger charge is 2.10. The zero-order valence-electron chi connectivity index (χ0n) is 9.36. The van der Waals surface area contributed by atoms with Crippen molar-refractivity contribution in [2.24, 2.45) is 0 Å². The smallest absolute Gasteiger partial charge is 0.303 e. The normalized spacial score (nSPS) is 11.1. The molecule has 0 radical (unpaired) electrons. The fraction of sp³-hybridized carbons (Fsp3) is 0.455. The molecular formula is C11H14N2O2S. The van der Waals surface area contributed by atoms with Gasteiger partial charge in [-0.2, -0.15) is 0 Å². The fourth-order valence-electron chi connectivity index (χ4n) is 1.76. The molecule has 0 unspecified atom stereocenters. The predicted molar refractivity (Wildman–Crippen MR) is 63.1 cm³/mol. The number of fused-ring (bicyclic) bond motifs is 1. The molecule has 5 heteroatoms. The van der Waals surface area contributed by atoms with E-state index in [-0.39, 0.29) is 6.42 Å². The van der Waals surface area contributed by atoms with E-state index in [1.165, 1.54) is 5.69 Å². The Morgan fingerprint density at radius 2 is 2.31 bits per heavy atom. The molecule has 2 aromatic rings. The maximum absolute atomic E-state index is 10.4. The average Bonchev–Trinajstić information content (AvgIpc) is 2.70. The van der Waals surface area contributed by atoms with Gasteiger partial charge in [-0.05, 0) is 26.7 Å². The van der Waals surface area contributed by atoms with Crippen LogP contribution in [0.3, 0.4) is 0 Å². The SMILES string of the molecule is Cc1nc2scc(CCCC(=O)O)n2c1C. The van der Waals surface area contributed by atoms with Gasteiger partial charge in [0.1, 0.15) is 0 Å². The first-order chi connectivity index (χ1) is 7.59. The summed E-state index contributed by atoms with van der Waals surface area (Å²) in [6, 6.07) is 0. The van der Waals surface area contributed by atoms with Gasteiger partial charge in [-0.3, -0.25) is 9.20 Å². The van der Waals surface area contributed by atoms with Crippen molar-refractivity contribution in [3.8, 4) is 0 Å². The summed E-state index contributed by atoms with van der Waals surface area (Å²) in [5.41, 5.74) is 3.37. The number of thiazole rings is 1. The molecule has 0 aliphatic heterocycles. The summed E-state index contributed by atoms with van der Waals surface area (Å²) in [4.78, 5) is 15.9.